The van der Waals surface area contributed by atoms with E-state index in [2.05, 4.69) is 68.6 Å². The molecule has 0 aromatic rings. The van der Waals surface area contributed by atoms with Gasteiger partial charge in [0.05, 0.1) is 25.2 Å². The van der Waals surface area contributed by atoms with Gasteiger partial charge in [0, 0.05) is 6.42 Å². The summed E-state index contributed by atoms with van der Waals surface area (Å²) >= 11 is 0. The monoisotopic (exact) mass is 848 g/mol. The normalized spacial score (nSPS) is 14.1. The van der Waals surface area contributed by atoms with Gasteiger partial charge >= 0.3 is 5.97 Å². The molecule has 3 unspecified atom stereocenters. The molecule has 0 aromatic heterocycles. The van der Waals surface area contributed by atoms with Gasteiger partial charge in [-0.1, -0.05) is 221 Å². The van der Waals surface area contributed by atoms with Crippen molar-refractivity contribution in [2.45, 2.75) is 232 Å². The summed E-state index contributed by atoms with van der Waals surface area (Å²) in [6.07, 6.45) is 63.2. The van der Waals surface area contributed by atoms with Crippen molar-refractivity contribution >= 4 is 11.9 Å². The molecule has 61 heavy (non-hydrogen) atoms. The zero-order chi connectivity index (χ0) is 44.5. The van der Waals surface area contributed by atoms with Gasteiger partial charge in [-0.15, -0.1) is 0 Å². The van der Waals surface area contributed by atoms with Crippen LogP contribution in [0.5, 0.6) is 0 Å². The fourth-order valence-corrected chi connectivity index (χ4v) is 7.00. The highest BCUT2D eigenvalue weighted by atomic mass is 16.5. The molecule has 348 valence electrons. The minimum absolute atomic E-state index is 0.0177. The number of esters is 1. The summed E-state index contributed by atoms with van der Waals surface area (Å²) in [6.45, 7) is 6.27. The van der Waals surface area contributed by atoms with Crippen LogP contribution in [0.3, 0.4) is 0 Å². The van der Waals surface area contributed by atoms with E-state index >= 15 is 0 Å². The van der Waals surface area contributed by atoms with Gasteiger partial charge in [-0.05, 0) is 77.0 Å². The lowest BCUT2D eigenvalue weighted by molar-refractivity contribution is -0.151. The molecule has 0 rings (SSSR count). The fraction of sp³-hybridized carbons (Fsp3) is 0.673. The maximum Gasteiger partial charge on any atom is 0.306 e. The fourth-order valence-electron chi connectivity index (χ4n) is 7.00. The van der Waals surface area contributed by atoms with Gasteiger partial charge in [0.15, 0.2) is 0 Å². The Morgan fingerprint density at radius 3 is 1.49 bits per heavy atom. The third kappa shape index (κ3) is 43.2. The van der Waals surface area contributed by atoms with E-state index in [0.29, 0.717) is 19.3 Å². The third-order valence-electron chi connectivity index (χ3n) is 10.8. The Hall–Kier alpha value is -3.22. The number of ether oxygens (including phenoxy) is 1. The summed E-state index contributed by atoms with van der Waals surface area (Å²) in [5.74, 6) is -0.608. The molecule has 0 spiro atoms. The van der Waals surface area contributed by atoms with Gasteiger partial charge in [0.2, 0.25) is 5.91 Å². The SMILES string of the molecule is CC/C=C/C=C/C=C\C=C/C=C/CCCC(=O)OC(CCCC/C=C\C/C=C\C/C=C\CCCCC)CC(=O)NC(CO)C(O)CCCCCCCCCCCCCCCC. The van der Waals surface area contributed by atoms with E-state index in [1.54, 1.807) is 0 Å². The number of amides is 1. The van der Waals surface area contributed by atoms with Gasteiger partial charge in [-0.25, -0.2) is 0 Å². The third-order valence-corrected chi connectivity index (χ3v) is 10.8. The largest absolute Gasteiger partial charge is 0.462 e. The summed E-state index contributed by atoms with van der Waals surface area (Å²) in [6, 6.07) is -0.734. The Balaban J connectivity index is 4.77. The van der Waals surface area contributed by atoms with Crippen LogP contribution in [0.1, 0.15) is 213 Å². The Bertz CT molecular complexity index is 1220. The molecule has 0 heterocycles. The highest BCUT2D eigenvalue weighted by Crippen LogP contribution is 2.16. The number of nitrogens with one attached hydrogen (secondary N) is 1. The number of aliphatic hydroxyl groups is 2. The van der Waals surface area contributed by atoms with Crippen molar-refractivity contribution in [3.05, 3.63) is 97.2 Å². The Labute approximate surface area is 376 Å². The highest BCUT2D eigenvalue weighted by molar-refractivity contribution is 5.77. The summed E-state index contributed by atoms with van der Waals surface area (Å²) < 4.78 is 5.86. The molecule has 0 saturated heterocycles. The van der Waals surface area contributed by atoms with E-state index in [0.717, 1.165) is 64.2 Å². The number of carbonyl (C=O) groups is 2. The van der Waals surface area contributed by atoms with Crippen LogP contribution in [-0.2, 0) is 14.3 Å². The maximum atomic E-state index is 13.2. The molecule has 0 saturated carbocycles. The summed E-state index contributed by atoms with van der Waals surface area (Å²) in [5, 5.41) is 23.7. The van der Waals surface area contributed by atoms with Crippen LogP contribution >= 0.6 is 0 Å². The van der Waals surface area contributed by atoms with Gasteiger partial charge in [-0.3, -0.25) is 9.59 Å². The first-order valence-electron chi connectivity index (χ1n) is 25.0. The van der Waals surface area contributed by atoms with Crippen molar-refractivity contribution in [2.24, 2.45) is 0 Å². The van der Waals surface area contributed by atoms with Crippen LogP contribution in [-0.4, -0.2) is 46.9 Å². The molecule has 0 fully saturated rings. The number of rotatable bonds is 43. The minimum Gasteiger partial charge on any atom is -0.462 e. The van der Waals surface area contributed by atoms with Crippen molar-refractivity contribution in [3.8, 4) is 0 Å². The predicted molar refractivity (Wildman–Crippen MR) is 264 cm³/mol. The lowest BCUT2D eigenvalue weighted by Gasteiger charge is -2.24. The van der Waals surface area contributed by atoms with Crippen LogP contribution in [0, 0.1) is 0 Å². The van der Waals surface area contributed by atoms with Gasteiger partial charge in [0.25, 0.3) is 0 Å². The Morgan fingerprint density at radius 1 is 0.508 bits per heavy atom. The van der Waals surface area contributed by atoms with Crippen LogP contribution in [0.4, 0.5) is 0 Å². The number of allylic oxidation sites excluding steroid dienone is 16. The standard InChI is InChI=1S/C55H93NO5/c1-4-7-10-13-16-19-22-25-27-29-31-34-37-40-43-46-51(61-55(60)48-45-42-39-36-33-28-24-21-18-15-12-9-6-3)49-54(59)56-52(50-57)53(58)47-44-41-38-35-32-30-26-23-20-17-14-11-8-5-2/h9,12,15-16,18-19,21,24-25,27-28,31,33-34,36,39,51-53,57-58H,4-8,10-11,13-14,17,20,22-23,26,29-30,32,35,37-38,40-50H2,1-3H3,(H,56,59)/b12-9+,18-15+,19-16-,24-21-,27-25-,33-28-,34-31-,39-36+. The van der Waals surface area contributed by atoms with Crippen molar-refractivity contribution in [3.63, 3.8) is 0 Å². The van der Waals surface area contributed by atoms with Crippen molar-refractivity contribution in [1.29, 1.82) is 0 Å². The number of hydrogen-bond acceptors (Lipinski definition) is 5. The molecule has 3 N–H and O–H groups in total. The molecule has 0 aliphatic rings. The Morgan fingerprint density at radius 2 is 0.951 bits per heavy atom. The molecular weight excluding hydrogens is 755 g/mol. The summed E-state index contributed by atoms with van der Waals surface area (Å²) in [7, 11) is 0. The Kier molecular flexibility index (Phi) is 45.3. The van der Waals surface area contributed by atoms with Crippen LogP contribution < -0.4 is 5.32 Å². The van der Waals surface area contributed by atoms with Crippen LogP contribution in [0.15, 0.2) is 97.2 Å². The summed E-state index contributed by atoms with van der Waals surface area (Å²) in [4.78, 5) is 26.1. The first-order chi connectivity index (χ1) is 30.0. The maximum absolute atomic E-state index is 13.2. The van der Waals surface area contributed by atoms with E-state index < -0.39 is 18.2 Å². The van der Waals surface area contributed by atoms with Crippen LogP contribution in [0.25, 0.3) is 0 Å². The second kappa shape index (κ2) is 47.8. The molecule has 0 bridgehead atoms. The predicted octanol–water partition coefficient (Wildman–Crippen LogP) is 14.9. The zero-order valence-electron chi connectivity index (χ0n) is 39.5. The molecule has 0 aliphatic carbocycles. The number of aliphatic hydroxyl groups excluding tert-OH is 2. The first kappa shape index (κ1) is 57.8. The molecule has 0 radical (unpaired) electrons. The molecule has 0 aromatic carbocycles. The summed E-state index contributed by atoms with van der Waals surface area (Å²) in [5.41, 5.74) is 0. The van der Waals surface area contributed by atoms with Crippen LogP contribution in [0.2, 0.25) is 0 Å². The van der Waals surface area contributed by atoms with E-state index in [9.17, 15) is 19.8 Å². The average Bonchev–Trinajstić information content (AvgIpc) is 3.25. The number of hydrogen-bond donors (Lipinski definition) is 3. The van der Waals surface area contributed by atoms with E-state index in [-0.39, 0.29) is 31.3 Å². The van der Waals surface area contributed by atoms with E-state index in [4.69, 9.17) is 4.74 Å². The lowest BCUT2D eigenvalue weighted by Crippen LogP contribution is -2.46. The van der Waals surface area contributed by atoms with Crippen molar-refractivity contribution in [1.82, 2.24) is 5.32 Å². The smallest absolute Gasteiger partial charge is 0.306 e. The first-order valence-corrected chi connectivity index (χ1v) is 25.0. The van der Waals surface area contributed by atoms with Gasteiger partial charge in [-0.2, -0.15) is 0 Å². The zero-order valence-corrected chi connectivity index (χ0v) is 39.5. The number of carbonyl (C=O) groups excluding carboxylic acids is 2. The van der Waals surface area contributed by atoms with Crippen molar-refractivity contribution in [2.75, 3.05) is 6.61 Å². The molecular formula is C55H93NO5. The number of unbranched alkanes of at least 4 members (excludes halogenated alkanes) is 19. The molecule has 0 aliphatic heterocycles. The molecule has 1 amide bonds. The topological polar surface area (TPSA) is 95.9 Å². The molecule has 6 heteroatoms. The second-order valence-corrected chi connectivity index (χ2v) is 16.6. The second-order valence-electron chi connectivity index (χ2n) is 16.6. The average molecular weight is 848 g/mol. The van der Waals surface area contributed by atoms with E-state index in [1.165, 1.54) is 96.3 Å². The van der Waals surface area contributed by atoms with Crippen molar-refractivity contribution < 1.29 is 24.5 Å². The highest BCUT2D eigenvalue weighted by Gasteiger charge is 2.24. The minimum atomic E-state index is -0.815. The van der Waals surface area contributed by atoms with E-state index in [1.807, 2.05) is 54.7 Å². The quantitative estimate of drug-likeness (QED) is 0.0246. The molecule has 3 atom stereocenters. The van der Waals surface area contributed by atoms with Gasteiger partial charge in [0.1, 0.15) is 6.10 Å². The lowest BCUT2D eigenvalue weighted by atomic mass is 10.0. The molecule has 6 nitrogen and oxygen atoms in total. The van der Waals surface area contributed by atoms with Gasteiger partial charge < -0.3 is 20.3 Å².